The van der Waals surface area contributed by atoms with Gasteiger partial charge in [0.05, 0.1) is 25.4 Å². The van der Waals surface area contributed by atoms with E-state index in [2.05, 4.69) is 10.6 Å². The van der Waals surface area contributed by atoms with Crippen molar-refractivity contribution in [2.75, 3.05) is 26.3 Å². The minimum absolute atomic E-state index is 0.0159. The van der Waals surface area contributed by atoms with E-state index in [1.807, 2.05) is 0 Å². The molecule has 3 aliphatic heterocycles. The van der Waals surface area contributed by atoms with Crippen LogP contribution in [-0.4, -0.2) is 170 Å². The van der Waals surface area contributed by atoms with Crippen LogP contribution in [0.1, 0.15) is 168 Å². The zero-order valence-electron chi connectivity index (χ0n) is 41.6. The van der Waals surface area contributed by atoms with Gasteiger partial charge >= 0.3 is 5.97 Å². The molecule has 0 aromatic rings. The average molecular weight is 1020 g/mol. The van der Waals surface area contributed by atoms with E-state index in [1.54, 1.807) is 13.8 Å². The van der Waals surface area contributed by atoms with Gasteiger partial charge in [-0.25, -0.2) is 4.79 Å². The topological polar surface area (TPSA) is 331 Å². The number of carbonyl (C=O) groups excluding carboxylic acids is 8. The van der Waals surface area contributed by atoms with Crippen LogP contribution < -0.4 is 10.6 Å². The molecule has 0 unspecified atom stereocenters. The fraction of sp³-hybridized carbons (Fsp3) is 0.837. The molecule has 406 valence electrons. The number of ketones is 3. The first-order valence-electron chi connectivity index (χ1n) is 25.7. The molecule has 71 heavy (non-hydrogen) atoms. The Morgan fingerprint density at radius 3 is 1.58 bits per heavy atom. The maximum Gasteiger partial charge on any atom is 0.333 e. The second kappa shape index (κ2) is 33.8. The Bertz CT molecular complexity index is 1670. The summed E-state index contributed by atoms with van der Waals surface area (Å²) in [7, 11) is 0. The molecule has 22 nitrogen and oxygen atoms in total. The Morgan fingerprint density at radius 2 is 1.00 bits per heavy atom. The fourth-order valence-electron chi connectivity index (χ4n) is 8.41. The summed E-state index contributed by atoms with van der Waals surface area (Å²) in [5, 5.41) is 65.7. The number of amides is 4. The smallest absolute Gasteiger partial charge is 0.333 e. The van der Waals surface area contributed by atoms with Crippen LogP contribution in [0.3, 0.4) is 0 Å². The van der Waals surface area contributed by atoms with E-state index in [4.69, 9.17) is 23.8 Å². The maximum absolute atomic E-state index is 13.4. The second-order valence-electron chi connectivity index (χ2n) is 18.9. The van der Waals surface area contributed by atoms with E-state index in [0.29, 0.717) is 121 Å². The zero-order valence-corrected chi connectivity index (χ0v) is 41.6. The number of aliphatic hydroxyl groups is 6. The molecule has 3 aliphatic rings. The third-order valence-electron chi connectivity index (χ3n) is 12.9. The lowest BCUT2D eigenvalue weighted by atomic mass is 9.92. The van der Waals surface area contributed by atoms with Crippen molar-refractivity contribution in [3.05, 3.63) is 0 Å². The minimum atomic E-state index is -1.43. The highest BCUT2D eigenvalue weighted by Crippen LogP contribution is 2.24. The van der Waals surface area contributed by atoms with Gasteiger partial charge in [0, 0.05) is 83.2 Å². The molecule has 0 bridgehead atoms. The number of hydrogen-bond donors (Lipinski definition) is 8. The van der Waals surface area contributed by atoms with Gasteiger partial charge in [-0.05, 0) is 71.6 Å². The van der Waals surface area contributed by atoms with E-state index < -0.39 is 85.1 Å². The van der Waals surface area contributed by atoms with Gasteiger partial charge in [0.2, 0.25) is 11.8 Å². The lowest BCUT2D eigenvalue weighted by Crippen LogP contribution is -2.57. The Balaban J connectivity index is 1.30. The molecular weight excluding hydrogens is 935 g/mol. The van der Waals surface area contributed by atoms with Crippen molar-refractivity contribution in [3.63, 3.8) is 0 Å². The summed E-state index contributed by atoms with van der Waals surface area (Å²) in [5.41, 5.74) is 0. The van der Waals surface area contributed by atoms with Crippen LogP contribution in [0, 0.1) is 5.92 Å². The quantitative estimate of drug-likeness (QED) is 0.0322. The molecule has 11 atom stereocenters. The summed E-state index contributed by atoms with van der Waals surface area (Å²) < 4.78 is 21.7. The molecule has 3 saturated heterocycles. The molecule has 0 saturated carbocycles. The normalized spacial score (nSPS) is 26.0. The second-order valence-corrected chi connectivity index (χ2v) is 18.9. The van der Waals surface area contributed by atoms with Gasteiger partial charge in [-0.3, -0.25) is 33.6 Å². The summed E-state index contributed by atoms with van der Waals surface area (Å²) in [6.07, 6.45) is -1.85. The van der Waals surface area contributed by atoms with Gasteiger partial charge in [-0.1, -0.05) is 32.1 Å². The van der Waals surface area contributed by atoms with Gasteiger partial charge < -0.3 is 65.1 Å². The lowest BCUT2D eigenvalue weighted by molar-refractivity contribution is -0.293. The van der Waals surface area contributed by atoms with Crippen LogP contribution in [-0.2, 0) is 62.1 Å². The van der Waals surface area contributed by atoms with Crippen molar-refractivity contribution in [2.45, 2.75) is 229 Å². The van der Waals surface area contributed by atoms with Crippen molar-refractivity contribution in [2.24, 2.45) is 5.92 Å². The number of hydrogen-bond acceptors (Lipinski definition) is 19. The summed E-state index contributed by atoms with van der Waals surface area (Å²) in [6, 6.07) is 0. The standard InChI is InChI=1S/C49H81N3O19/c1-31-41(60)43(62)45(64)48(69-31)67-28-15-21-35(54)18-10-6-14-26-51-47(66)33(30-36(55)20-8-3-4-11-23-40(59)71-52-38(57)24-25-39(52)58)16-7-5-9-17-34(53)19-12-13-22-37(56)50-27-29-68-49-46(65)44(63)42(61)32(2)70-49/h31-33,41-46,48-49,60-65H,3-30H2,1-2H3,(H,50,56)(H,51,66)/t31-,32-,33+,41+,42+,43+,44+,45-,46-,48+,49+/m0/s1. The number of imide groups is 1. The van der Waals surface area contributed by atoms with E-state index in [1.165, 1.54) is 0 Å². The number of nitrogens with one attached hydrogen (secondary N) is 2. The number of rotatable bonds is 37. The number of Topliss-reactive ketones (excluding diaryl/α,β-unsaturated/α-hetero) is 3. The van der Waals surface area contributed by atoms with E-state index in [9.17, 15) is 69.0 Å². The predicted molar refractivity (Wildman–Crippen MR) is 250 cm³/mol. The van der Waals surface area contributed by atoms with Crippen LogP contribution in [0.4, 0.5) is 0 Å². The van der Waals surface area contributed by atoms with Gasteiger partial charge in [-0.15, -0.1) is 5.06 Å². The van der Waals surface area contributed by atoms with Gasteiger partial charge in [0.25, 0.3) is 11.8 Å². The first-order chi connectivity index (χ1) is 33.9. The van der Waals surface area contributed by atoms with Crippen LogP contribution in [0.25, 0.3) is 0 Å². The van der Waals surface area contributed by atoms with Crippen LogP contribution in [0.15, 0.2) is 0 Å². The maximum atomic E-state index is 13.4. The van der Waals surface area contributed by atoms with E-state index >= 15 is 0 Å². The largest absolute Gasteiger partial charge is 0.388 e. The molecule has 3 fully saturated rings. The summed E-state index contributed by atoms with van der Waals surface area (Å²) in [4.78, 5) is 104. The Hall–Kier alpha value is -3.84. The number of nitrogens with zero attached hydrogens (tertiary/aromatic N) is 1. The number of carbonyl (C=O) groups is 8. The fourth-order valence-corrected chi connectivity index (χ4v) is 8.41. The minimum Gasteiger partial charge on any atom is -0.388 e. The van der Waals surface area contributed by atoms with Crippen molar-refractivity contribution in [3.8, 4) is 0 Å². The predicted octanol–water partition coefficient (Wildman–Crippen LogP) is 1.42. The molecule has 8 N–H and O–H groups in total. The molecule has 0 aliphatic carbocycles. The number of unbranched alkanes of at least 4 members (excludes halogenated alkanes) is 8. The molecular formula is C49H81N3O19. The van der Waals surface area contributed by atoms with Crippen molar-refractivity contribution < 1.29 is 92.8 Å². The summed E-state index contributed by atoms with van der Waals surface area (Å²) in [6.45, 7) is 3.76. The Kier molecular flexibility index (Phi) is 29.3. The molecule has 0 radical (unpaired) electrons. The van der Waals surface area contributed by atoms with Crippen LogP contribution >= 0.6 is 0 Å². The molecule has 3 heterocycles. The number of hydroxylamine groups is 2. The summed E-state index contributed by atoms with van der Waals surface area (Å²) in [5.74, 6) is -2.71. The van der Waals surface area contributed by atoms with Crippen molar-refractivity contribution in [1.82, 2.24) is 15.7 Å². The average Bonchev–Trinajstić information content (AvgIpc) is 3.65. The van der Waals surface area contributed by atoms with E-state index in [-0.39, 0.29) is 93.9 Å². The van der Waals surface area contributed by atoms with E-state index in [0.717, 1.165) is 0 Å². The van der Waals surface area contributed by atoms with Gasteiger partial charge in [0.1, 0.15) is 54.0 Å². The molecule has 0 spiro atoms. The Labute approximate surface area is 416 Å². The first kappa shape index (κ1) is 61.5. The van der Waals surface area contributed by atoms with Gasteiger partial charge in [-0.2, -0.15) is 0 Å². The molecule has 0 aromatic carbocycles. The highest BCUT2D eigenvalue weighted by molar-refractivity contribution is 6.01. The third kappa shape index (κ3) is 23.3. The first-order valence-corrected chi connectivity index (χ1v) is 25.7. The Morgan fingerprint density at radius 1 is 0.535 bits per heavy atom. The molecule has 3 rings (SSSR count). The zero-order chi connectivity index (χ0) is 52.3. The third-order valence-corrected chi connectivity index (χ3v) is 12.9. The molecule has 4 amide bonds. The molecule has 22 heteroatoms. The highest BCUT2D eigenvalue weighted by atomic mass is 16.7. The highest BCUT2D eigenvalue weighted by Gasteiger charge is 2.43. The van der Waals surface area contributed by atoms with Crippen molar-refractivity contribution >= 4 is 46.9 Å². The lowest BCUT2D eigenvalue weighted by Gasteiger charge is -2.38. The van der Waals surface area contributed by atoms with Crippen LogP contribution in [0.5, 0.6) is 0 Å². The number of ether oxygens (including phenoxy) is 4. The molecule has 0 aromatic heterocycles. The SMILES string of the molecule is C[C@@H]1O[C@@H](OCCCC(=O)CCCCCNC(=O)[C@H](CCCCCC(=O)CCCCC(=O)NCCO[C@@H]2O[C@@H](C)[C@@H](O)[C@@H](O)[C@@H]2O)CC(=O)CCCCCCC(=O)ON2C(=O)CCC2=O)[C@@H](O)[C@H](O)[C@@H]1O. The van der Waals surface area contributed by atoms with Crippen LogP contribution in [0.2, 0.25) is 0 Å². The van der Waals surface area contributed by atoms with Crippen molar-refractivity contribution in [1.29, 1.82) is 0 Å². The van der Waals surface area contributed by atoms with Gasteiger partial charge in [0.15, 0.2) is 12.6 Å². The summed E-state index contributed by atoms with van der Waals surface area (Å²) >= 11 is 0. The number of aliphatic hydroxyl groups excluding tert-OH is 6. The monoisotopic (exact) mass is 1020 g/mol.